The number of ether oxygens (including phenoxy) is 2. The molecule has 1 aromatic rings. The van der Waals surface area contributed by atoms with Crippen molar-refractivity contribution >= 4 is 11.8 Å². The standard InChI is InChI=1S/C16H22N2O3/c1-11-10-18-8-7-12(11)9-15(18)21-16(19)17-13-5-3-4-6-14(13)20-2/h3-6,11-12,15H,7-10H2,1-2H3,(H,17,19). The van der Waals surface area contributed by atoms with Crippen molar-refractivity contribution < 1.29 is 14.3 Å². The van der Waals surface area contributed by atoms with E-state index in [1.165, 1.54) is 6.42 Å². The van der Waals surface area contributed by atoms with Gasteiger partial charge in [0.05, 0.1) is 12.8 Å². The Bertz CT molecular complexity index is 520. The quantitative estimate of drug-likeness (QED) is 0.930. The molecule has 0 aliphatic carbocycles. The van der Waals surface area contributed by atoms with Crippen LogP contribution < -0.4 is 10.1 Å². The third kappa shape index (κ3) is 2.97. The molecule has 1 aromatic carbocycles. The van der Waals surface area contributed by atoms with E-state index in [2.05, 4.69) is 17.1 Å². The number of benzene rings is 1. The molecule has 3 heterocycles. The maximum Gasteiger partial charge on any atom is 0.413 e. The predicted octanol–water partition coefficient (Wildman–Crippen LogP) is 2.93. The molecule has 5 heteroatoms. The highest BCUT2D eigenvalue weighted by atomic mass is 16.6. The molecule has 1 amide bonds. The maximum absolute atomic E-state index is 12.1. The third-order valence-electron chi connectivity index (χ3n) is 4.61. The van der Waals surface area contributed by atoms with Gasteiger partial charge in [-0.3, -0.25) is 10.2 Å². The van der Waals surface area contributed by atoms with Crippen LogP contribution in [0.4, 0.5) is 10.5 Å². The lowest BCUT2D eigenvalue weighted by atomic mass is 9.79. The van der Waals surface area contributed by atoms with Crippen LogP contribution in [0, 0.1) is 11.8 Å². The van der Waals surface area contributed by atoms with Crippen molar-refractivity contribution in [3.63, 3.8) is 0 Å². The van der Waals surface area contributed by atoms with Gasteiger partial charge < -0.3 is 9.47 Å². The highest BCUT2D eigenvalue weighted by Gasteiger charge is 2.39. The molecule has 3 fully saturated rings. The highest BCUT2D eigenvalue weighted by molar-refractivity contribution is 5.86. The third-order valence-corrected chi connectivity index (χ3v) is 4.61. The van der Waals surface area contributed by atoms with Gasteiger partial charge >= 0.3 is 6.09 Å². The van der Waals surface area contributed by atoms with Crippen LogP contribution in [0.3, 0.4) is 0 Å². The topological polar surface area (TPSA) is 50.8 Å². The Morgan fingerprint density at radius 2 is 2.19 bits per heavy atom. The number of fused-ring (bicyclic) bond motifs is 3. The van der Waals surface area contributed by atoms with Crippen LogP contribution in [0.1, 0.15) is 19.8 Å². The molecular weight excluding hydrogens is 268 g/mol. The summed E-state index contributed by atoms with van der Waals surface area (Å²) in [5.74, 6) is 2.02. The minimum absolute atomic E-state index is 0.0883. The summed E-state index contributed by atoms with van der Waals surface area (Å²) in [5, 5.41) is 2.77. The fraction of sp³-hybridized carbons (Fsp3) is 0.562. The van der Waals surface area contributed by atoms with Gasteiger partial charge in [0.25, 0.3) is 0 Å². The van der Waals surface area contributed by atoms with Crippen molar-refractivity contribution in [1.29, 1.82) is 0 Å². The minimum atomic E-state index is -0.412. The number of amides is 1. The van der Waals surface area contributed by atoms with Crippen LogP contribution in [-0.2, 0) is 4.74 Å². The predicted molar refractivity (Wildman–Crippen MR) is 80.3 cm³/mol. The number of para-hydroxylation sites is 2. The number of hydrogen-bond acceptors (Lipinski definition) is 4. The van der Waals surface area contributed by atoms with Gasteiger partial charge in [-0.25, -0.2) is 4.79 Å². The largest absolute Gasteiger partial charge is 0.495 e. The average Bonchev–Trinajstić information content (AvgIpc) is 2.49. The van der Waals surface area contributed by atoms with E-state index in [0.717, 1.165) is 19.5 Å². The lowest BCUT2D eigenvalue weighted by molar-refractivity contribution is -0.100. The monoisotopic (exact) mass is 290 g/mol. The summed E-state index contributed by atoms with van der Waals surface area (Å²) in [7, 11) is 1.58. The van der Waals surface area contributed by atoms with Gasteiger partial charge in [-0.2, -0.15) is 0 Å². The van der Waals surface area contributed by atoms with E-state index in [9.17, 15) is 4.79 Å². The first-order chi connectivity index (χ1) is 10.2. The Kier molecular flexibility index (Phi) is 4.01. The summed E-state index contributed by atoms with van der Waals surface area (Å²) >= 11 is 0. The van der Waals surface area contributed by atoms with E-state index >= 15 is 0 Å². The Morgan fingerprint density at radius 1 is 1.38 bits per heavy atom. The molecule has 5 nitrogen and oxygen atoms in total. The normalized spacial score (nSPS) is 30.8. The smallest absolute Gasteiger partial charge is 0.413 e. The van der Waals surface area contributed by atoms with Crippen LogP contribution in [-0.4, -0.2) is 37.4 Å². The van der Waals surface area contributed by atoms with Gasteiger partial charge in [0.2, 0.25) is 0 Å². The number of nitrogens with one attached hydrogen (secondary N) is 1. The fourth-order valence-electron chi connectivity index (χ4n) is 3.38. The Morgan fingerprint density at radius 3 is 2.86 bits per heavy atom. The summed E-state index contributed by atoms with van der Waals surface area (Å²) in [5.41, 5.74) is 0.634. The van der Waals surface area contributed by atoms with Gasteiger partial charge in [-0.05, 0) is 30.4 Å². The Hall–Kier alpha value is -1.75. The zero-order valence-corrected chi connectivity index (χ0v) is 12.5. The van der Waals surface area contributed by atoms with Crippen molar-refractivity contribution in [2.75, 3.05) is 25.5 Å². The number of carbonyl (C=O) groups is 1. The van der Waals surface area contributed by atoms with E-state index in [0.29, 0.717) is 23.3 Å². The van der Waals surface area contributed by atoms with Crippen molar-refractivity contribution in [3.05, 3.63) is 24.3 Å². The molecule has 3 aliphatic heterocycles. The first-order valence-electron chi connectivity index (χ1n) is 7.52. The average molecular weight is 290 g/mol. The van der Waals surface area contributed by atoms with Gasteiger partial charge in [0.15, 0.2) is 6.23 Å². The van der Waals surface area contributed by atoms with Crippen LogP contribution >= 0.6 is 0 Å². The van der Waals surface area contributed by atoms with Crippen molar-refractivity contribution in [2.24, 2.45) is 11.8 Å². The molecule has 3 aliphatic rings. The molecule has 114 valence electrons. The zero-order valence-electron chi connectivity index (χ0n) is 12.5. The maximum atomic E-state index is 12.1. The van der Waals surface area contributed by atoms with Crippen LogP contribution in [0.15, 0.2) is 24.3 Å². The van der Waals surface area contributed by atoms with Crippen LogP contribution in [0.25, 0.3) is 0 Å². The second-order valence-electron chi connectivity index (χ2n) is 5.94. The van der Waals surface area contributed by atoms with Crippen LogP contribution in [0.2, 0.25) is 0 Å². The second kappa shape index (κ2) is 5.93. The molecule has 2 bridgehead atoms. The number of methoxy groups -OCH3 is 1. The summed E-state index contributed by atoms with van der Waals surface area (Å²) in [6, 6.07) is 7.33. The number of rotatable bonds is 3. The molecule has 4 atom stereocenters. The van der Waals surface area contributed by atoms with Crippen molar-refractivity contribution in [2.45, 2.75) is 26.0 Å². The van der Waals surface area contributed by atoms with Gasteiger partial charge in [0, 0.05) is 19.5 Å². The van der Waals surface area contributed by atoms with E-state index in [4.69, 9.17) is 9.47 Å². The lowest BCUT2D eigenvalue weighted by Crippen LogP contribution is -2.54. The van der Waals surface area contributed by atoms with E-state index < -0.39 is 6.09 Å². The number of piperidine rings is 3. The first-order valence-corrected chi connectivity index (χ1v) is 7.52. The van der Waals surface area contributed by atoms with E-state index in [-0.39, 0.29) is 6.23 Å². The molecule has 21 heavy (non-hydrogen) atoms. The number of carbonyl (C=O) groups excluding carboxylic acids is 1. The summed E-state index contributed by atoms with van der Waals surface area (Å²) in [6.07, 6.45) is 1.66. The highest BCUT2D eigenvalue weighted by Crippen LogP contribution is 2.36. The summed E-state index contributed by atoms with van der Waals surface area (Å²) < 4.78 is 10.8. The molecule has 1 N–H and O–H groups in total. The molecule has 0 radical (unpaired) electrons. The minimum Gasteiger partial charge on any atom is -0.495 e. The summed E-state index contributed by atoms with van der Waals surface area (Å²) in [4.78, 5) is 14.4. The number of anilines is 1. The molecule has 0 aromatic heterocycles. The van der Waals surface area contributed by atoms with Crippen molar-refractivity contribution in [1.82, 2.24) is 4.90 Å². The SMILES string of the molecule is COc1ccccc1NC(=O)OC1CC2CCN1CC2C. The summed E-state index contributed by atoms with van der Waals surface area (Å²) in [6.45, 7) is 4.33. The van der Waals surface area contributed by atoms with Crippen LogP contribution in [0.5, 0.6) is 5.75 Å². The molecule has 0 saturated carbocycles. The van der Waals surface area contributed by atoms with Gasteiger partial charge in [-0.1, -0.05) is 19.1 Å². The molecular formula is C16H22N2O3. The molecule has 4 rings (SSSR count). The van der Waals surface area contributed by atoms with E-state index in [1.807, 2.05) is 18.2 Å². The Labute approximate surface area is 125 Å². The molecule has 4 unspecified atom stereocenters. The number of nitrogens with zero attached hydrogens (tertiary/aromatic N) is 1. The fourth-order valence-corrected chi connectivity index (χ4v) is 3.38. The molecule has 0 spiro atoms. The lowest BCUT2D eigenvalue weighted by Gasteiger charge is -2.47. The zero-order chi connectivity index (χ0) is 14.8. The molecule has 3 saturated heterocycles. The van der Waals surface area contributed by atoms with E-state index in [1.54, 1.807) is 13.2 Å². The van der Waals surface area contributed by atoms with Gasteiger partial charge in [0.1, 0.15) is 5.75 Å². The number of hydrogen-bond donors (Lipinski definition) is 1. The Balaban J connectivity index is 1.60. The first kappa shape index (κ1) is 14.2. The van der Waals surface area contributed by atoms with Crippen molar-refractivity contribution in [3.8, 4) is 5.75 Å². The second-order valence-corrected chi connectivity index (χ2v) is 5.94. The van der Waals surface area contributed by atoms with Gasteiger partial charge in [-0.15, -0.1) is 0 Å².